The summed E-state index contributed by atoms with van der Waals surface area (Å²) in [6.45, 7) is 7.75. The third-order valence-corrected chi connectivity index (χ3v) is 3.32. The SMILES string of the molecule is CCCN1CCCC(CC(C)C(N)=O)C1. The molecule has 2 N–H and O–H groups in total. The first-order valence-electron chi connectivity index (χ1n) is 6.15. The molecule has 3 heteroatoms. The van der Waals surface area contributed by atoms with Gasteiger partial charge in [-0.15, -0.1) is 0 Å². The van der Waals surface area contributed by atoms with Crippen LogP contribution in [0.2, 0.25) is 0 Å². The molecule has 0 bridgehead atoms. The van der Waals surface area contributed by atoms with Crippen LogP contribution in [0.15, 0.2) is 0 Å². The van der Waals surface area contributed by atoms with Crippen LogP contribution in [0.4, 0.5) is 0 Å². The van der Waals surface area contributed by atoms with E-state index in [0.29, 0.717) is 5.92 Å². The second-order valence-corrected chi connectivity index (χ2v) is 4.85. The maximum absolute atomic E-state index is 11.0. The van der Waals surface area contributed by atoms with Crippen molar-refractivity contribution in [2.24, 2.45) is 17.6 Å². The lowest BCUT2D eigenvalue weighted by Crippen LogP contribution is -2.37. The molecule has 3 nitrogen and oxygen atoms in total. The molecule has 1 amide bonds. The average molecular weight is 212 g/mol. The summed E-state index contributed by atoms with van der Waals surface area (Å²) in [6, 6.07) is 0. The van der Waals surface area contributed by atoms with Crippen molar-refractivity contribution in [3.63, 3.8) is 0 Å². The topological polar surface area (TPSA) is 46.3 Å². The molecule has 2 atom stereocenters. The molecule has 0 radical (unpaired) electrons. The predicted molar refractivity (Wildman–Crippen MR) is 62.4 cm³/mol. The van der Waals surface area contributed by atoms with E-state index >= 15 is 0 Å². The molecule has 15 heavy (non-hydrogen) atoms. The summed E-state index contributed by atoms with van der Waals surface area (Å²) < 4.78 is 0. The number of hydrogen-bond donors (Lipinski definition) is 1. The van der Waals surface area contributed by atoms with E-state index in [9.17, 15) is 4.79 Å². The summed E-state index contributed by atoms with van der Waals surface area (Å²) in [5, 5.41) is 0. The Morgan fingerprint density at radius 1 is 1.60 bits per heavy atom. The maximum atomic E-state index is 11.0. The van der Waals surface area contributed by atoms with E-state index < -0.39 is 0 Å². The molecule has 0 aliphatic carbocycles. The highest BCUT2D eigenvalue weighted by molar-refractivity contribution is 5.76. The highest BCUT2D eigenvalue weighted by Gasteiger charge is 2.22. The van der Waals surface area contributed by atoms with Crippen LogP contribution in [0.3, 0.4) is 0 Å². The number of nitrogens with two attached hydrogens (primary N) is 1. The van der Waals surface area contributed by atoms with Gasteiger partial charge in [-0.05, 0) is 44.7 Å². The first-order valence-corrected chi connectivity index (χ1v) is 6.15. The number of carbonyl (C=O) groups is 1. The molecule has 0 saturated carbocycles. The third kappa shape index (κ3) is 4.20. The van der Waals surface area contributed by atoms with Crippen molar-refractivity contribution in [2.75, 3.05) is 19.6 Å². The lowest BCUT2D eigenvalue weighted by atomic mass is 9.88. The largest absolute Gasteiger partial charge is 0.369 e. The standard InChI is InChI=1S/C12H24N2O/c1-3-6-14-7-4-5-11(9-14)8-10(2)12(13)15/h10-11H,3-9H2,1-2H3,(H2,13,15). The number of carbonyl (C=O) groups excluding carboxylic acids is 1. The zero-order valence-corrected chi connectivity index (χ0v) is 10.0. The number of primary amides is 1. The first-order chi connectivity index (χ1) is 7.13. The normalized spacial score (nSPS) is 25.1. The zero-order valence-electron chi connectivity index (χ0n) is 10.0. The van der Waals surface area contributed by atoms with E-state index in [4.69, 9.17) is 5.73 Å². The summed E-state index contributed by atoms with van der Waals surface area (Å²) >= 11 is 0. The Balaban J connectivity index is 2.32. The average Bonchev–Trinajstić information content (AvgIpc) is 2.18. The minimum Gasteiger partial charge on any atom is -0.369 e. The van der Waals surface area contributed by atoms with Gasteiger partial charge in [0.25, 0.3) is 0 Å². The van der Waals surface area contributed by atoms with Crippen molar-refractivity contribution in [3.05, 3.63) is 0 Å². The minimum atomic E-state index is -0.150. The Morgan fingerprint density at radius 2 is 2.33 bits per heavy atom. The van der Waals surface area contributed by atoms with Gasteiger partial charge >= 0.3 is 0 Å². The molecule has 0 aromatic carbocycles. The molecule has 0 spiro atoms. The molecule has 0 aromatic rings. The van der Waals surface area contributed by atoms with Gasteiger partial charge in [0.15, 0.2) is 0 Å². The summed E-state index contributed by atoms with van der Waals surface area (Å²) in [4.78, 5) is 13.5. The van der Waals surface area contributed by atoms with Crippen LogP contribution in [0.5, 0.6) is 0 Å². The number of likely N-dealkylation sites (tertiary alicyclic amines) is 1. The van der Waals surface area contributed by atoms with Gasteiger partial charge in [0.05, 0.1) is 0 Å². The van der Waals surface area contributed by atoms with Gasteiger partial charge < -0.3 is 10.6 Å². The van der Waals surface area contributed by atoms with E-state index in [1.807, 2.05) is 6.92 Å². The van der Waals surface area contributed by atoms with Crippen molar-refractivity contribution in [2.45, 2.75) is 39.5 Å². The minimum absolute atomic E-state index is 0.0385. The summed E-state index contributed by atoms with van der Waals surface area (Å²) in [5.74, 6) is 0.562. The molecule has 1 aliphatic rings. The molecule has 2 unspecified atom stereocenters. The molecule has 1 fully saturated rings. The van der Waals surface area contributed by atoms with Gasteiger partial charge in [0, 0.05) is 12.5 Å². The number of rotatable bonds is 5. The Kier molecular flexibility index (Phi) is 5.09. The maximum Gasteiger partial charge on any atom is 0.220 e. The monoisotopic (exact) mass is 212 g/mol. The van der Waals surface area contributed by atoms with Crippen LogP contribution < -0.4 is 5.73 Å². The van der Waals surface area contributed by atoms with E-state index in [2.05, 4.69) is 11.8 Å². The summed E-state index contributed by atoms with van der Waals surface area (Å²) in [5.41, 5.74) is 5.29. The fourth-order valence-electron chi connectivity index (χ4n) is 2.48. The van der Waals surface area contributed by atoms with Gasteiger partial charge in [-0.25, -0.2) is 0 Å². The number of hydrogen-bond acceptors (Lipinski definition) is 2. The van der Waals surface area contributed by atoms with Crippen molar-refractivity contribution < 1.29 is 4.79 Å². The molecular formula is C12H24N2O. The summed E-state index contributed by atoms with van der Waals surface area (Å²) in [6.07, 6.45) is 4.72. The highest BCUT2D eigenvalue weighted by Crippen LogP contribution is 2.23. The molecule has 0 aromatic heterocycles. The van der Waals surface area contributed by atoms with Crippen LogP contribution >= 0.6 is 0 Å². The van der Waals surface area contributed by atoms with Crippen molar-refractivity contribution >= 4 is 5.91 Å². The quantitative estimate of drug-likeness (QED) is 0.752. The van der Waals surface area contributed by atoms with Crippen molar-refractivity contribution in [1.82, 2.24) is 4.90 Å². The van der Waals surface area contributed by atoms with Gasteiger partial charge in [0.2, 0.25) is 5.91 Å². The van der Waals surface area contributed by atoms with Crippen LogP contribution in [0.25, 0.3) is 0 Å². The van der Waals surface area contributed by atoms with E-state index in [-0.39, 0.29) is 11.8 Å². The molecule has 88 valence electrons. The molecule has 1 aliphatic heterocycles. The van der Waals surface area contributed by atoms with Crippen molar-refractivity contribution in [1.29, 1.82) is 0 Å². The van der Waals surface area contributed by atoms with E-state index in [1.54, 1.807) is 0 Å². The van der Waals surface area contributed by atoms with Crippen LogP contribution in [-0.4, -0.2) is 30.4 Å². The van der Waals surface area contributed by atoms with Gasteiger partial charge in [-0.3, -0.25) is 4.79 Å². The van der Waals surface area contributed by atoms with Crippen LogP contribution in [-0.2, 0) is 4.79 Å². The Hall–Kier alpha value is -0.570. The van der Waals surface area contributed by atoms with Gasteiger partial charge in [0.1, 0.15) is 0 Å². The number of piperidine rings is 1. The molecule has 1 saturated heterocycles. The van der Waals surface area contributed by atoms with E-state index in [0.717, 1.165) is 13.0 Å². The van der Waals surface area contributed by atoms with Crippen LogP contribution in [0, 0.1) is 11.8 Å². The zero-order chi connectivity index (χ0) is 11.3. The van der Waals surface area contributed by atoms with Gasteiger partial charge in [-0.1, -0.05) is 13.8 Å². The van der Waals surface area contributed by atoms with E-state index in [1.165, 1.54) is 32.4 Å². The second-order valence-electron chi connectivity index (χ2n) is 4.85. The lowest BCUT2D eigenvalue weighted by molar-refractivity contribution is -0.121. The smallest absolute Gasteiger partial charge is 0.220 e. The predicted octanol–water partition coefficient (Wildman–Crippen LogP) is 1.62. The fourth-order valence-corrected chi connectivity index (χ4v) is 2.48. The second kappa shape index (κ2) is 6.11. The lowest BCUT2D eigenvalue weighted by Gasteiger charge is -2.33. The van der Waals surface area contributed by atoms with Crippen molar-refractivity contribution in [3.8, 4) is 0 Å². The van der Waals surface area contributed by atoms with Crippen LogP contribution in [0.1, 0.15) is 39.5 Å². The Labute approximate surface area is 93.0 Å². The van der Waals surface area contributed by atoms with Gasteiger partial charge in [-0.2, -0.15) is 0 Å². The Bertz CT molecular complexity index is 204. The summed E-state index contributed by atoms with van der Waals surface area (Å²) in [7, 11) is 0. The first kappa shape index (κ1) is 12.5. The third-order valence-electron chi connectivity index (χ3n) is 3.32. The molecular weight excluding hydrogens is 188 g/mol. The number of amides is 1. The Morgan fingerprint density at radius 3 is 2.93 bits per heavy atom. The molecule has 1 heterocycles. The molecule has 1 rings (SSSR count). The fraction of sp³-hybridized carbons (Fsp3) is 0.917. The number of nitrogens with zero attached hydrogens (tertiary/aromatic N) is 1. The highest BCUT2D eigenvalue weighted by atomic mass is 16.1.